The minimum Gasteiger partial charge on any atom is -0.495 e. The maximum Gasteiger partial charge on any atom is 0.142 e. The first-order valence-corrected chi connectivity index (χ1v) is 5.58. The number of anilines is 2. The minimum atomic E-state index is 0.476. The largest absolute Gasteiger partial charge is 0.495 e. The van der Waals surface area contributed by atoms with Gasteiger partial charge in [0.15, 0.2) is 0 Å². The molecule has 2 aromatic rings. The number of methoxy groups -OCH3 is 1. The fraction of sp³-hybridized carbons (Fsp3) is 0.154. The van der Waals surface area contributed by atoms with Gasteiger partial charge < -0.3 is 9.64 Å². The summed E-state index contributed by atoms with van der Waals surface area (Å²) in [7, 11) is 3.62. The lowest BCUT2D eigenvalue weighted by Gasteiger charge is -2.21. The van der Waals surface area contributed by atoms with Crippen LogP contribution in [0.15, 0.2) is 42.6 Å². The van der Waals surface area contributed by atoms with Gasteiger partial charge in [0.25, 0.3) is 0 Å². The molecule has 0 fully saturated rings. The summed E-state index contributed by atoms with van der Waals surface area (Å²) >= 11 is 5.88. The molecular weight excluding hydrogens is 236 g/mol. The second-order valence-electron chi connectivity index (χ2n) is 3.57. The van der Waals surface area contributed by atoms with Gasteiger partial charge >= 0.3 is 0 Å². The van der Waals surface area contributed by atoms with Crippen molar-refractivity contribution in [1.29, 1.82) is 0 Å². The molecule has 0 radical (unpaired) electrons. The van der Waals surface area contributed by atoms with Gasteiger partial charge in [-0.3, -0.25) is 0 Å². The lowest BCUT2D eigenvalue weighted by molar-refractivity contribution is 0.415. The molecule has 0 saturated heterocycles. The van der Waals surface area contributed by atoms with E-state index in [9.17, 15) is 0 Å². The zero-order valence-electron chi connectivity index (χ0n) is 9.72. The third-order valence-electron chi connectivity index (χ3n) is 2.54. The molecule has 0 N–H and O–H groups in total. The maximum absolute atomic E-state index is 5.88. The average molecular weight is 249 g/mol. The van der Waals surface area contributed by atoms with E-state index in [0.717, 1.165) is 17.1 Å². The van der Waals surface area contributed by atoms with Crippen LogP contribution >= 0.6 is 11.6 Å². The molecule has 0 amide bonds. The summed E-state index contributed by atoms with van der Waals surface area (Å²) in [6, 6.07) is 11.5. The highest BCUT2D eigenvalue weighted by Gasteiger charge is 2.09. The summed E-state index contributed by atoms with van der Waals surface area (Å²) in [5, 5.41) is 0.476. The highest BCUT2D eigenvalue weighted by Crippen LogP contribution is 2.32. The third-order valence-corrected chi connectivity index (χ3v) is 2.75. The fourth-order valence-electron chi connectivity index (χ4n) is 1.65. The molecule has 4 heteroatoms. The molecule has 0 unspecified atom stereocenters. The number of pyridine rings is 1. The Bertz CT molecular complexity index is 516. The number of aromatic nitrogens is 1. The number of nitrogens with zero attached hydrogens (tertiary/aromatic N) is 2. The number of hydrogen-bond acceptors (Lipinski definition) is 3. The third kappa shape index (κ3) is 2.50. The summed E-state index contributed by atoms with van der Waals surface area (Å²) in [5.41, 5.74) is 1.95. The molecule has 1 aromatic heterocycles. The number of hydrogen-bond donors (Lipinski definition) is 0. The Morgan fingerprint density at radius 2 is 2.00 bits per heavy atom. The van der Waals surface area contributed by atoms with Crippen LogP contribution in [0.2, 0.25) is 5.15 Å². The predicted molar refractivity (Wildman–Crippen MR) is 70.3 cm³/mol. The smallest absolute Gasteiger partial charge is 0.142 e. The number of ether oxygens (including phenoxy) is 1. The van der Waals surface area contributed by atoms with Crippen molar-refractivity contribution in [2.45, 2.75) is 0 Å². The van der Waals surface area contributed by atoms with Crippen molar-refractivity contribution in [2.75, 3.05) is 19.1 Å². The fourth-order valence-corrected chi connectivity index (χ4v) is 1.81. The number of halogens is 1. The number of para-hydroxylation sites is 2. The molecule has 88 valence electrons. The van der Waals surface area contributed by atoms with Crippen LogP contribution in [0.4, 0.5) is 11.4 Å². The van der Waals surface area contributed by atoms with Crippen molar-refractivity contribution in [3.63, 3.8) is 0 Å². The number of rotatable bonds is 3. The number of benzene rings is 1. The summed E-state index contributed by atoms with van der Waals surface area (Å²) in [6.07, 6.45) is 1.68. The summed E-state index contributed by atoms with van der Waals surface area (Å²) in [6.45, 7) is 0. The molecule has 1 aromatic carbocycles. The van der Waals surface area contributed by atoms with E-state index >= 15 is 0 Å². The summed E-state index contributed by atoms with van der Waals surface area (Å²) in [5.74, 6) is 0.822. The molecule has 2 rings (SSSR count). The lowest BCUT2D eigenvalue weighted by atomic mass is 10.2. The van der Waals surface area contributed by atoms with E-state index < -0.39 is 0 Å². The Kier molecular flexibility index (Phi) is 3.49. The monoisotopic (exact) mass is 248 g/mol. The van der Waals surface area contributed by atoms with Gasteiger partial charge in [-0.25, -0.2) is 4.98 Å². The molecule has 0 bridgehead atoms. The molecule has 0 aliphatic heterocycles. The van der Waals surface area contributed by atoms with E-state index in [-0.39, 0.29) is 0 Å². The van der Waals surface area contributed by atoms with Gasteiger partial charge in [0, 0.05) is 18.9 Å². The van der Waals surface area contributed by atoms with E-state index in [1.165, 1.54) is 0 Å². The molecule has 0 atom stereocenters. The van der Waals surface area contributed by atoms with Gasteiger partial charge in [0.1, 0.15) is 10.9 Å². The van der Waals surface area contributed by atoms with Crippen LogP contribution in [-0.2, 0) is 0 Å². The molecule has 1 heterocycles. The van der Waals surface area contributed by atoms with E-state index in [1.54, 1.807) is 13.3 Å². The van der Waals surface area contributed by atoms with E-state index in [2.05, 4.69) is 4.98 Å². The Morgan fingerprint density at radius 3 is 2.71 bits per heavy atom. The Hall–Kier alpha value is -1.74. The Balaban J connectivity index is 2.40. The second-order valence-corrected chi connectivity index (χ2v) is 3.95. The predicted octanol–water partition coefficient (Wildman–Crippen LogP) is 3.51. The molecule has 0 aliphatic carbocycles. The average Bonchev–Trinajstić information content (AvgIpc) is 2.38. The quantitative estimate of drug-likeness (QED) is 0.778. The molecule has 3 nitrogen and oxygen atoms in total. The standard InChI is InChI=1S/C13H13ClN2O/c1-16(10-7-8-15-13(14)9-10)11-5-3-4-6-12(11)17-2/h3-9H,1-2H3. The van der Waals surface area contributed by atoms with Crippen molar-refractivity contribution < 1.29 is 4.74 Å². The maximum atomic E-state index is 5.88. The lowest BCUT2D eigenvalue weighted by Crippen LogP contribution is -2.10. The van der Waals surface area contributed by atoms with Crippen LogP contribution in [0.5, 0.6) is 5.75 Å². The highest BCUT2D eigenvalue weighted by atomic mass is 35.5. The molecule has 0 saturated carbocycles. The van der Waals surface area contributed by atoms with Gasteiger partial charge in [0.2, 0.25) is 0 Å². The Morgan fingerprint density at radius 1 is 1.24 bits per heavy atom. The Labute approximate surface area is 106 Å². The molecule has 0 spiro atoms. The van der Waals surface area contributed by atoms with Gasteiger partial charge in [-0.15, -0.1) is 0 Å². The van der Waals surface area contributed by atoms with Crippen LogP contribution in [0.3, 0.4) is 0 Å². The first kappa shape index (κ1) is 11.7. The van der Waals surface area contributed by atoms with Gasteiger partial charge in [-0.1, -0.05) is 23.7 Å². The van der Waals surface area contributed by atoms with Crippen molar-refractivity contribution in [3.05, 3.63) is 47.7 Å². The zero-order valence-corrected chi connectivity index (χ0v) is 10.5. The van der Waals surface area contributed by atoms with E-state index in [0.29, 0.717) is 5.15 Å². The topological polar surface area (TPSA) is 25.4 Å². The van der Waals surface area contributed by atoms with Crippen molar-refractivity contribution in [2.24, 2.45) is 0 Å². The van der Waals surface area contributed by atoms with Crippen LogP contribution in [0.1, 0.15) is 0 Å². The van der Waals surface area contributed by atoms with Gasteiger partial charge in [-0.05, 0) is 24.3 Å². The summed E-state index contributed by atoms with van der Waals surface area (Å²) < 4.78 is 5.33. The van der Waals surface area contributed by atoms with Crippen molar-refractivity contribution in [3.8, 4) is 5.75 Å². The first-order valence-electron chi connectivity index (χ1n) is 5.20. The van der Waals surface area contributed by atoms with E-state index in [4.69, 9.17) is 16.3 Å². The normalized spacial score (nSPS) is 10.1. The zero-order chi connectivity index (χ0) is 12.3. The molecular formula is C13H13ClN2O. The van der Waals surface area contributed by atoms with Crippen LogP contribution < -0.4 is 9.64 Å². The van der Waals surface area contributed by atoms with Crippen LogP contribution in [-0.4, -0.2) is 19.1 Å². The first-order chi connectivity index (χ1) is 8.22. The highest BCUT2D eigenvalue weighted by molar-refractivity contribution is 6.29. The van der Waals surface area contributed by atoms with E-state index in [1.807, 2.05) is 48.3 Å². The van der Waals surface area contributed by atoms with Gasteiger partial charge in [-0.2, -0.15) is 0 Å². The van der Waals surface area contributed by atoms with Gasteiger partial charge in [0.05, 0.1) is 12.8 Å². The van der Waals surface area contributed by atoms with Crippen LogP contribution in [0, 0.1) is 0 Å². The molecule has 17 heavy (non-hydrogen) atoms. The minimum absolute atomic E-state index is 0.476. The van der Waals surface area contributed by atoms with Crippen LogP contribution in [0.25, 0.3) is 0 Å². The second kappa shape index (κ2) is 5.06. The summed E-state index contributed by atoms with van der Waals surface area (Å²) in [4.78, 5) is 5.97. The SMILES string of the molecule is COc1ccccc1N(C)c1ccnc(Cl)c1. The van der Waals surface area contributed by atoms with Crippen molar-refractivity contribution in [1.82, 2.24) is 4.98 Å². The molecule has 0 aliphatic rings. The van der Waals surface area contributed by atoms with Crippen molar-refractivity contribution >= 4 is 23.0 Å².